The van der Waals surface area contributed by atoms with Gasteiger partial charge in [-0.3, -0.25) is 0 Å². The standard InChI is InChI=1S/C16H23N/c1-7-14-16(4,5)12-9-8-10-15(2,3)11-13(12)17(14)6/h7-11H,1-6H3. The second-order valence-corrected chi connectivity index (χ2v) is 6.15. The molecule has 0 bridgehead atoms. The van der Waals surface area contributed by atoms with E-state index in [0.29, 0.717) is 0 Å². The fraction of sp³-hybridized carbons (Fsp3) is 0.500. The highest BCUT2D eigenvalue weighted by Gasteiger charge is 2.41. The molecule has 1 fully saturated rings. The Morgan fingerprint density at radius 2 is 1.82 bits per heavy atom. The molecule has 1 saturated heterocycles. The predicted octanol–water partition coefficient (Wildman–Crippen LogP) is 4.27. The molecule has 0 saturated carbocycles. The largest absolute Gasteiger partial charge is 0.348 e. The summed E-state index contributed by atoms with van der Waals surface area (Å²) in [4.78, 5) is 2.33. The van der Waals surface area contributed by atoms with Crippen LogP contribution in [0.2, 0.25) is 0 Å². The van der Waals surface area contributed by atoms with Crippen LogP contribution in [0.4, 0.5) is 0 Å². The molecule has 0 aromatic heterocycles. The van der Waals surface area contributed by atoms with E-state index in [4.69, 9.17) is 0 Å². The van der Waals surface area contributed by atoms with Crippen molar-refractivity contribution >= 4 is 0 Å². The van der Waals surface area contributed by atoms with Gasteiger partial charge in [-0.2, -0.15) is 0 Å². The van der Waals surface area contributed by atoms with E-state index in [2.05, 4.69) is 76.9 Å². The van der Waals surface area contributed by atoms with E-state index in [1.54, 1.807) is 0 Å². The molecule has 1 heteroatoms. The Bertz CT molecular complexity index is 456. The molecule has 92 valence electrons. The summed E-state index contributed by atoms with van der Waals surface area (Å²) in [5.41, 5.74) is 4.41. The summed E-state index contributed by atoms with van der Waals surface area (Å²) < 4.78 is 0. The predicted molar refractivity (Wildman–Crippen MR) is 74.4 cm³/mol. The van der Waals surface area contributed by atoms with Crippen LogP contribution in [0, 0.1) is 10.8 Å². The summed E-state index contributed by atoms with van der Waals surface area (Å²) in [6, 6.07) is 0. The van der Waals surface area contributed by atoms with Crippen LogP contribution in [0.5, 0.6) is 0 Å². The van der Waals surface area contributed by atoms with E-state index in [1.165, 1.54) is 17.0 Å². The zero-order chi connectivity index (χ0) is 12.8. The maximum absolute atomic E-state index is 2.38. The minimum atomic E-state index is 0.111. The van der Waals surface area contributed by atoms with E-state index in [-0.39, 0.29) is 10.8 Å². The average molecular weight is 229 g/mol. The summed E-state index contributed by atoms with van der Waals surface area (Å²) in [6.07, 6.45) is 11.3. The van der Waals surface area contributed by atoms with Gasteiger partial charge in [-0.25, -0.2) is 0 Å². The molecular weight excluding hydrogens is 206 g/mol. The lowest BCUT2D eigenvalue weighted by atomic mass is 9.82. The molecule has 2 aliphatic rings. The van der Waals surface area contributed by atoms with Gasteiger partial charge in [0.2, 0.25) is 0 Å². The van der Waals surface area contributed by atoms with Gasteiger partial charge in [0.1, 0.15) is 0 Å². The molecule has 0 spiro atoms. The van der Waals surface area contributed by atoms with Crippen LogP contribution in [0.25, 0.3) is 0 Å². The van der Waals surface area contributed by atoms with Gasteiger partial charge in [0.25, 0.3) is 0 Å². The quantitative estimate of drug-likeness (QED) is 0.599. The second-order valence-electron chi connectivity index (χ2n) is 6.15. The molecule has 2 rings (SSSR count). The molecule has 1 heterocycles. The van der Waals surface area contributed by atoms with Crippen LogP contribution < -0.4 is 0 Å². The lowest BCUT2D eigenvalue weighted by Crippen LogP contribution is -2.16. The molecule has 0 N–H and O–H groups in total. The van der Waals surface area contributed by atoms with Crippen molar-refractivity contribution in [3.63, 3.8) is 0 Å². The topological polar surface area (TPSA) is 3.24 Å². The zero-order valence-electron chi connectivity index (χ0n) is 11.8. The number of hydrogen-bond acceptors (Lipinski definition) is 1. The third kappa shape index (κ3) is 1.78. The van der Waals surface area contributed by atoms with Gasteiger partial charge in [0.05, 0.1) is 0 Å². The number of likely N-dealkylation sites (N-methyl/N-ethyl adjacent to an activating group) is 1. The maximum atomic E-state index is 2.38. The van der Waals surface area contributed by atoms with E-state index < -0.39 is 0 Å². The first-order chi connectivity index (χ1) is 7.79. The molecule has 1 aliphatic heterocycles. The summed E-state index contributed by atoms with van der Waals surface area (Å²) in [7, 11) is 2.17. The number of rotatable bonds is 0. The zero-order valence-corrected chi connectivity index (χ0v) is 11.8. The summed E-state index contributed by atoms with van der Waals surface area (Å²) in [6.45, 7) is 11.2. The highest BCUT2D eigenvalue weighted by atomic mass is 15.2. The molecular formula is C16H23N. The second kappa shape index (κ2) is 3.63. The van der Waals surface area contributed by atoms with Crippen molar-refractivity contribution in [3.8, 4) is 0 Å². The van der Waals surface area contributed by atoms with Crippen molar-refractivity contribution in [3.05, 3.63) is 47.3 Å². The third-order valence-corrected chi connectivity index (χ3v) is 3.88. The Balaban J connectivity index is 2.64. The van der Waals surface area contributed by atoms with Gasteiger partial charge in [0.15, 0.2) is 0 Å². The van der Waals surface area contributed by atoms with Crippen LogP contribution in [-0.4, -0.2) is 11.9 Å². The van der Waals surface area contributed by atoms with Crippen molar-refractivity contribution in [1.82, 2.24) is 4.90 Å². The number of likely N-dealkylation sites (tertiary alicyclic amines) is 1. The SMILES string of the molecule is CC=C1N(C)C2=CC(C)(C)C=CC=C2C1(C)C. The molecule has 0 amide bonds. The fourth-order valence-corrected chi connectivity index (χ4v) is 3.00. The Kier molecular flexibility index (Phi) is 2.61. The van der Waals surface area contributed by atoms with Gasteiger partial charge in [-0.05, 0) is 12.5 Å². The van der Waals surface area contributed by atoms with Gasteiger partial charge in [0, 0.05) is 29.3 Å². The Morgan fingerprint density at radius 3 is 2.41 bits per heavy atom. The highest BCUT2D eigenvalue weighted by Crippen LogP contribution is 2.50. The van der Waals surface area contributed by atoms with Gasteiger partial charge >= 0.3 is 0 Å². The van der Waals surface area contributed by atoms with Gasteiger partial charge < -0.3 is 4.90 Å². The van der Waals surface area contributed by atoms with E-state index in [1.807, 2.05) is 0 Å². The highest BCUT2D eigenvalue weighted by molar-refractivity contribution is 5.52. The van der Waals surface area contributed by atoms with Crippen LogP contribution in [0.15, 0.2) is 47.3 Å². The average Bonchev–Trinajstić information content (AvgIpc) is 2.36. The van der Waals surface area contributed by atoms with Crippen LogP contribution in [0.3, 0.4) is 0 Å². The van der Waals surface area contributed by atoms with Gasteiger partial charge in [-0.15, -0.1) is 0 Å². The normalized spacial score (nSPS) is 27.6. The molecule has 0 aromatic rings. The first-order valence-electron chi connectivity index (χ1n) is 6.33. The Morgan fingerprint density at radius 1 is 1.18 bits per heavy atom. The van der Waals surface area contributed by atoms with Crippen molar-refractivity contribution in [1.29, 1.82) is 0 Å². The molecule has 0 aromatic carbocycles. The van der Waals surface area contributed by atoms with Crippen LogP contribution >= 0.6 is 0 Å². The van der Waals surface area contributed by atoms with E-state index in [9.17, 15) is 0 Å². The van der Waals surface area contributed by atoms with Crippen LogP contribution in [-0.2, 0) is 0 Å². The molecule has 0 radical (unpaired) electrons. The summed E-state index contributed by atoms with van der Waals surface area (Å²) >= 11 is 0. The van der Waals surface area contributed by atoms with Crippen molar-refractivity contribution in [2.75, 3.05) is 7.05 Å². The van der Waals surface area contributed by atoms with Gasteiger partial charge in [-0.1, -0.05) is 58.1 Å². The Hall–Kier alpha value is -1.24. The molecule has 1 aliphatic carbocycles. The van der Waals surface area contributed by atoms with E-state index in [0.717, 1.165) is 0 Å². The fourth-order valence-electron chi connectivity index (χ4n) is 3.00. The van der Waals surface area contributed by atoms with Crippen molar-refractivity contribution < 1.29 is 0 Å². The molecule has 0 unspecified atom stereocenters. The molecule has 0 atom stereocenters. The van der Waals surface area contributed by atoms with E-state index >= 15 is 0 Å². The minimum Gasteiger partial charge on any atom is -0.348 e. The summed E-state index contributed by atoms with van der Waals surface area (Å²) in [5, 5.41) is 0. The number of fused-ring (bicyclic) bond motifs is 1. The minimum absolute atomic E-state index is 0.111. The first kappa shape index (κ1) is 12.2. The molecule has 17 heavy (non-hydrogen) atoms. The lowest BCUT2D eigenvalue weighted by Gasteiger charge is -2.23. The number of hydrogen-bond donors (Lipinski definition) is 0. The summed E-state index contributed by atoms with van der Waals surface area (Å²) in [5.74, 6) is 0. The third-order valence-electron chi connectivity index (χ3n) is 3.88. The first-order valence-corrected chi connectivity index (χ1v) is 6.33. The Labute approximate surface area is 105 Å². The van der Waals surface area contributed by atoms with Crippen molar-refractivity contribution in [2.24, 2.45) is 10.8 Å². The van der Waals surface area contributed by atoms with Crippen LogP contribution in [0.1, 0.15) is 34.6 Å². The number of allylic oxidation sites excluding steroid dienone is 7. The lowest BCUT2D eigenvalue weighted by molar-refractivity contribution is 0.461. The smallest absolute Gasteiger partial charge is 0.0415 e. The number of nitrogens with zero attached hydrogens (tertiary/aromatic N) is 1. The van der Waals surface area contributed by atoms with Crippen molar-refractivity contribution in [2.45, 2.75) is 34.6 Å². The molecule has 1 nitrogen and oxygen atoms in total. The maximum Gasteiger partial charge on any atom is 0.0415 e. The monoisotopic (exact) mass is 229 g/mol.